The van der Waals surface area contributed by atoms with Crippen molar-refractivity contribution in [1.29, 1.82) is 0 Å². The largest absolute Gasteiger partial charge is 0.481 e. The lowest BCUT2D eigenvalue weighted by atomic mass is 9.89. The predicted octanol–water partition coefficient (Wildman–Crippen LogP) is 4.71. The molecule has 0 radical (unpaired) electrons. The Morgan fingerprint density at radius 3 is 2.54 bits per heavy atom. The van der Waals surface area contributed by atoms with Gasteiger partial charge >= 0.3 is 5.97 Å². The molecular weight excluding hydrogens is 351 g/mol. The van der Waals surface area contributed by atoms with Crippen LogP contribution in [0.15, 0.2) is 46.9 Å². The smallest absolute Gasteiger partial charge is 0.304 e. The molecule has 3 rings (SSSR count). The van der Waals surface area contributed by atoms with Crippen LogP contribution in [0.4, 0.5) is 4.39 Å². The Balaban J connectivity index is 1.96. The third-order valence-electron chi connectivity index (χ3n) is 4.54. The number of carboxylic acid groups (broad SMARTS) is 1. The van der Waals surface area contributed by atoms with Crippen LogP contribution in [0.2, 0.25) is 0 Å². The first-order valence-corrected chi connectivity index (χ1v) is 9.76. The van der Waals surface area contributed by atoms with Crippen molar-refractivity contribution in [3.8, 4) is 0 Å². The molecule has 0 fully saturated rings. The van der Waals surface area contributed by atoms with E-state index in [4.69, 9.17) is 0 Å². The fourth-order valence-electron chi connectivity index (χ4n) is 3.29. The minimum Gasteiger partial charge on any atom is -0.481 e. The number of fused-ring (bicyclic) bond motifs is 1. The molecule has 0 saturated carbocycles. The van der Waals surface area contributed by atoms with Gasteiger partial charge in [-0.05, 0) is 53.4 Å². The van der Waals surface area contributed by atoms with E-state index in [0.717, 1.165) is 27.2 Å². The van der Waals surface area contributed by atoms with E-state index in [1.165, 1.54) is 12.1 Å². The fourth-order valence-corrected chi connectivity index (χ4v) is 3.81. The van der Waals surface area contributed by atoms with Crippen LogP contribution in [0, 0.1) is 5.82 Å². The summed E-state index contributed by atoms with van der Waals surface area (Å²) in [7, 11) is -1.03. The molecule has 1 N–H and O–H groups in total. The van der Waals surface area contributed by atoms with Crippen molar-refractivity contribution in [2.75, 3.05) is 6.26 Å². The van der Waals surface area contributed by atoms with Crippen LogP contribution < -0.4 is 0 Å². The Bertz CT molecular complexity index is 942. The summed E-state index contributed by atoms with van der Waals surface area (Å²) < 4.78 is 25.4. The molecule has 0 aliphatic heterocycles. The third-order valence-corrected chi connectivity index (χ3v) is 5.47. The van der Waals surface area contributed by atoms with Gasteiger partial charge in [0, 0.05) is 27.9 Å². The van der Waals surface area contributed by atoms with Crippen molar-refractivity contribution < 1.29 is 18.5 Å². The molecule has 1 aliphatic carbocycles. The highest BCUT2D eigenvalue weighted by atomic mass is 32.2. The van der Waals surface area contributed by atoms with Crippen LogP contribution in [-0.4, -0.2) is 21.5 Å². The number of aliphatic carboxylic acids is 1. The van der Waals surface area contributed by atoms with E-state index < -0.39 is 16.8 Å². The average molecular weight is 370 g/mol. The van der Waals surface area contributed by atoms with Gasteiger partial charge in [0.15, 0.2) is 0 Å². The molecule has 0 amide bonds. The second-order valence-corrected chi connectivity index (χ2v) is 7.77. The Hall–Kier alpha value is -2.53. The number of hydrogen-bond donors (Lipinski definition) is 1. The standard InChI is InChI=1S/C21H19FO3S/c1-13-9-16-11-17(22)10-15(21(16)19(13)12-20(23)24)6-3-14-4-7-18(8-5-14)26(2)25/h3-11,19H,12H2,1-2H3,(H,23,24)/b6-3+. The van der Waals surface area contributed by atoms with Crippen molar-refractivity contribution in [3.63, 3.8) is 0 Å². The zero-order valence-electron chi connectivity index (χ0n) is 14.5. The number of halogens is 1. The maximum Gasteiger partial charge on any atom is 0.304 e. The molecule has 3 nitrogen and oxygen atoms in total. The highest BCUT2D eigenvalue weighted by Crippen LogP contribution is 2.41. The topological polar surface area (TPSA) is 54.4 Å². The number of carbonyl (C=O) groups is 1. The fraction of sp³-hybridized carbons (Fsp3) is 0.190. The highest BCUT2D eigenvalue weighted by Gasteiger charge is 2.27. The Kier molecular flexibility index (Phi) is 5.18. The normalized spacial score (nSPS) is 17.2. The van der Waals surface area contributed by atoms with Crippen molar-refractivity contribution in [3.05, 3.63) is 70.0 Å². The van der Waals surface area contributed by atoms with E-state index in [0.29, 0.717) is 5.56 Å². The van der Waals surface area contributed by atoms with Gasteiger partial charge in [0.2, 0.25) is 0 Å². The van der Waals surface area contributed by atoms with E-state index in [1.807, 2.05) is 31.2 Å². The van der Waals surface area contributed by atoms with Gasteiger partial charge in [0.05, 0.1) is 6.42 Å². The second kappa shape index (κ2) is 7.38. The number of hydrogen-bond acceptors (Lipinski definition) is 2. The molecular formula is C21H19FO3S. The lowest BCUT2D eigenvalue weighted by Gasteiger charge is -2.15. The summed E-state index contributed by atoms with van der Waals surface area (Å²) in [4.78, 5) is 12.0. The lowest BCUT2D eigenvalue weighted by Crippen LogP contribution is -2.07. The Morgan fingerprint density at radius 2 is 1.92 bits per heavy atom. The first-order valence-electron chi connectivity index (χ1n) is 8.20. The zero-order chi connectivity index (χ0) is 18.8. The number of carboxylic acids is 1. The van der Waals surface area contributed by atoms with Gasteiger partial charge in [-0.3, -0.25) is 9.00 Å². The lowest BCUT2D eigenvalue weighted by molar-refractivity contribution is -0.137. The van der Waals surface area contributed by atoms with Crippen molar-refractivity contribution in [2.45, 2.75) is 24.2 Å². The van der Waals surface area contributed by atoms with Gasteiger partial charge in [0.25, 0.3) is 0 Å². The molecule has 2 aromatic rings. The quantitative estimate of drug-likeness (QED) is 0.776. The molecule has 2 unspecified atom stereocenters. The average Bonchev–Trinajstić information content (AvgIpc) is 2.87. The first-order chi connectivity index (χ1) is 12.3. The molecule has 0 spiro atoms. The molecule has 2 atom stereocenters. The number of rotatable bonds is 5. The summed E-state index contributed by atoms with van der Waals surface area (Å²) in [5, 5.41) is 9.20. The predicted molar refractivity (Wildman–Crippen MR) is 103 cm³/mol. The van der Waals surface area contributed by atoms with Gasteiger partial charge in [-0.15, -0.1) is 0 Å². The summed E-state index contributed by atoms with van der Waals surface area (Å²) >= 11 is 0. The van der Waals surface area contributed by atoms with Crippen LogP contribution in [0.5, 0.6) is 0 Å². The summed E-state index contributed by atoms with van der Waals surface area (Å²) in [6, 6.07) is 10.2. The minimum absolute atomic E-state index is 0.0151. The van der Waals surface area contributed by atoms with Crippen LogP contribution in [0.3, 0.4) is 0 Å². The number of benzene rings is 2. The SMILES string of the molecule is CC1=Cc2cc(F)cc(/C=C/c3ccc(S(C)=O)cc3)c2C1CC(=O)O. The molecule has 134 valence electrons. The van der Waals surface area contributed by atoms with Gasteiger partial charge in [0.1, 0.15) is 5.82 Å². The van der Waals surface area contributed by atoms with Gasteiger partial charge in [-0.25, -0.2) is 4.39 Å². The summed E-state index contributed by atoms with van der Waals surface area (Å²) in [5.74, 6) is -1.47. The van der Waals surface area contributed by atoms with E-state index in [2.05, 4.69) is 0 Å². The molecule has 1 aliphatic rings. The Morgan fingerprint density at radius 1 is 1.23 bits per heavy atom. The second-order valence-electron chi connectivity index (χ2n) is 6.39. The molecule has 0 saturated heterocycles. The number of allylic oxidation sites excluding steroid dienone is 1. The van der Waals surface area contributed by atoms with E-state index >= 15 is 0 Å². The first kappa shape index (κ1) is 18.3. The molecule has 0 bridgehead atoms. The molecule has 26 heavy (non-hydrogen) atoms. The molecule has 5 heteroatoms. The molecule has 0 aromatic heterocycles. The Labute approximate surface area is 154 Å². The minimum atomic E-state index is -1.03. The van der Waals surface area contributed by atoms with Gasteiger partial charge < -0.3 is 5.11 Å². The molecule has 2 aromatic carbocycles. The maximum atomic E-state index is 14.0. The monoisotopic (exact) mass is 370 g/mol. The van der Waals surface area contributed by atoms with Crippen molar-refractivity contribution in [1.82, 2.24) is 0 Å². The van der Waals surface area contributed by atoms with Crippen LogP contribution in [-0.2, 0) is 15.6 Å². The van der Waals surface area contributed by atoms with Crippen LogP contribution in [0.25, 0.3) is 18.2 Å². The van der Waals surface area contributed by atoms with Crippen molar-refractivity contribution >= 4 is 35.0 Å². The van der Waals surface area contributed by atoms with Crippen LogP contribution in [0.1, 0.15) is 41.5 Å². The van der Waals surface area contributed by atoms with Crippen LogP contribution >= 0.6 is 0 Å². The summed E-state index contributed by atoms with van der Waals surface area (Å²) in [5.41, 5.74) is 4.11. The van der Waals surface area contributed by atoms with E-state index in [-0.39, 0.29) is 18.2 Å². The van der Waals surface area contributed by atoms with Crippen molar-refractivity contribution in [2.24, 2.45) is 0 Å². The van der Waals surface area contributed by atoms with Gasteiger partial charge in [-0.2, -0.15) is 0 Å². The van der Waals surface area contributed by atoms with E-state index in [9.17, 15) is 18.5 Å². The zero-order valence-corrected chi connectivity index (χ0v) is 15.3. The maximum absolute atomic E-state index is 14.0. The summed E-state index contributed by atoms with van der Waals surface area (Å²) in [6.45, 7) is 1.88. The van der Waals surface area contributed by atoms with E-state index in [1.54, 1.807) is 24.5 Å². The third kappa shape index (κ3) is 3.83. The molecule has 0 heterocycles. The highest BCUT2D eigenvalue weighted by molar-refractivity contribution is 7.84. The van der Waals surface area contributed by atoms with Gasteiger partial charge in [-0.1, -0.05) is 35.9 Å². The summed E-state index contributed by atoms with van der Waals surface area (Å²) in [6.07, 6.45) is 7.12.